The Bertz CT molecular complexity index is 326. The van der Waals surface area contributed by atoms with Crippen LogP contribution in [0.5, 0.6) is 0 Å². The zero-order chi connectivity index (χ0) is 10.6. The van der Waals surface area contributed by atoms with E-state index in [9.17, 15) is 4.91 Å². The van der Waals surface area contributed by atoms with Crippen LogP contribution in [0.2, 0.25) is 0 Å². The Morgan fingerprint density at radius 1 is 1.36 bits per heavy atom. The number of halogens is 2. The van der Waals surface area contributed by atoms with E-state index in [1.165, 1.54) is 0 Å². The fraction of sp³-hybridized carbons (Fsp3) is 0. The van der Waals surface area contributed by atoms with Crippen LogP contribution in [0.15, 0.2) is 31.2 Å². The number of benzene rings is 1. The third-order valence-corrected chi connectivity index (χ3v) is 3.01. The average Bonchev–Trinajstić information content (AvgIpc) is 2.14. The van der Waals surface area contributed by atoms with Crippen LogP contribution in [0.4, 0.5) is 5.69 Å². The number of hydrogen-bond acceptors (Lipinski definition) is 6. The zero-order valence-corrected chi connectivity index (χ0v) is 10.4. The van der Waals surface area contributed by atoms with Crippen LogP contribution in [0.25, 0.3) is 0 Å². The molecule has 0 aliphatic rings. The molecule has 1 aromatic carbocycles. The molecule has 1 rings (SSSR count). The largest absolute Gasteiger partial charge is 0.220 e. The smallest absolute Gasteiger partial charge is 0.136 e. The Labute approximate surface area is 100 Å². The van der Waals surface area contributed by atoms with Gasteiger partial charge in [-0.3, -0.25) is 0 Å². The highest BCUT2D eigenvalue weighted by Gasteiger charge is 2.08. The minimum absolute atomic E-state index is 0.263. The maximum Gasteiger partial charge on any atom is 0.136 e. The minimum atomic E-state index is 0.263. The molecule has 76 valence electrons. The lowest BCUT2D eigenvalue weighted by Crippen LogP contribution is -1.80. The summed E-state index contributed by atoms with van der Waals surface area (Å²) in [7, 11) is 0. The molecule has 0 fully saturated rings. The quantitative estimate of drug-likeness (QED) is 0.386. The van der Waals surface area contributed by atoms with Crippen molar-refractivity contribution in [2.24, 2.45) is 5.18 Å². The Hall–Kier alpha value is 0.01000. The van der Waals surface area contributed by atoms with Crippen molar-refractivity contribution < 1.29 is 14.6 Å². The molecule has 0 aromatic heterocycles. The van der Waals surface area contributed by atoms with Gasteiger partial charge in [0.05, 0.1) is 12.0 Å². The van der Waals surface area contributed by atoms with Gasteiger partial charge in [-0.2, -0.15) is 0 Å². The summed E-state index contributed by atoms with van der Waals surface area (Å²) in [5.41, 5.74) is 0.263. The monoisotopic (exact) mass is 343 g/mol. The second-order valence-electron chi connectivity index (χ2n) is 2.05. The maximum atomic E-state index is 10.4. The van der Waals surface area contributed by atoms with Gasteiger partial charge in [-0.1, -0.05) is 5.04 Å². The molecule has 0 bridgehead atoms. The van der Waals surface area contributed by atoms with Gasteiger partial charge in [-0.05, 0) is 49.2 Å². The first-order valence-electron chi connectivity index (χ1n) is 3.16. The van der Waals surface area contributed by atoms with Crippen LogP contribution >= 0.6 is 43.9 Å². The standard InChI is InChI=1S/C6H3Br2NO4S/c7-4-1-3(14-13-12-11)2-5(8)6(4)9-10/h1-2,11H. The van der Waals surface area contributed by atoms with Crippen LogP contribution in [0.1, 0.15) is 0 Å². The summed E-state index contributed by atoms with van der Waals surface area (Å²) in [6.07, 6.45) is 0. The molecule has 5 nitrogen and oxygen atoms in total. The molecule has 0 aliphatic carbocycles. The summed E-state index contributed by atoms with van der Waals surface area (Å²) in [6.45, 7) is 0. The summed E-state index contributed by atoms with van der Waals surface area (Å²) in [5, 5.41) is 14.2. The first-order valence-corrected chi connectivity index (χ1v) is 5.49. The molecule has 0 radical (unpaired) electrons. The first kappa shape index (κ1) is 12.1. The summed E-state index contributed by atoms with van der Waals surface area (Å²) in [6, 6.07) is 3.20. The molecule has 0 atom stereocenters. The molecule has 0 saturated carbocycles. The van der Waals surface area contributed by atoms with Crippen LogP contribution in [-0.2, 0) is 9.37 Å². The number of hydrogen-bond donors (Lipinski definition) is 1. The minimum Gasteiger partial charge on any atom is -0.220 e. The third kappa shape index (κ3) is 3.01. The van der Waals surface area contributed by atoms with Crippen molar-refractivity contribution in [3.63, 3.8) is 0 Å². The van der Waals surface area contributed by atoms with Crippen molar-refractivity contribution in [2.75, 3.05) is 0 Å². The summed E-state index contributed by atoms with van der Waals surface area (Å²) in [5.74, 6) is 0. The van der Waals surface area contributed by atoms with Crippen LogP contribution in [-0.4, -0.2) is 5.26 Å². The van der Waals surface area contributed by atoms with Crippen molar-refractivity contribution in [1.82, 2.24) is 0 Å². The fourth-order valence-electron chi connectivity index (χ4n) is 0.732. The zero-order valence-electron chi connectivity index (χ0n) is 6.44. The Morgan fingerprint density at radius 2 is 1.93 bits per heavy atom. The number of nitroso groups, excluding NO2 is 1. The lowest BCUT2D eigenvalue weighted by atomic mass is 10.3. The number of nitrogens with zero attached hydrogens (tertiary/aromatic N) is 1. The predicted octanol–water partition coefficient (Wildman–Crippen LogP) is 4.04. The van der Waals surface area contributed by atoms with Crippen LogP contribution in [0.3, 0.4) is 0 Å². The van der Waals surface area contributed by atoms with Gasteiger partial charge < -0.3 is 0 Å². The van der Waals surface area contributed by atoms with E-state index in [1.54, 1.807) is 12.1 Å². The van der Waals surface area contributed by atoms with E-state index in [0.717, 1.165) is 12.0 Å². The van der Waals surface area contributed by atoms with Crippen molar-refractivity contribution in [3.8, 4) is 0 Å². The van der Waals surface area contributed by atoms with Gasteiger partial charge in [-0.15, -0.1) is 9.24 Å². The molecular formula is C6H3Br2NO4S. The molecule has 8 heteroatoms. The molecule has 14 heavy (non-hydrogen) atoms. The van der Waals surface area contributed by atoms with E-state index in [4.69, 9.17) is 5.26 Å². The van der Waals surface area contributed by atoms with E-state index in [2.05, 4.69) is 46.4 Å². The lowest BCUT2D eigenvalue weighted by Gasteiger charge is -2.02. The van der Waals surface area contributed by atoms with Gasteiger partial charge >= 0.3 is 0 Å². The predicted molar refractivity (Wildman–Crippen MR) is 58.0 cm³/mol. The fourth-order valence-corrected chi connectivity index (χ4v) is 2.81. The molecule has 1 N–H and O–H groups in total. The summed E-state index contributed by atoms with van der Waals surface area (Å²) in [4.78, 5) is 11.0. The Balaban J connectivity index is 2.95. The molecule has 0 unspecified atom stereocenters. The van der Waals surface area contributed by atoms with Crippen molar-refractivity contribution in [3.05, 3.63) is 26.0 Å². The van der Waals surface area contributed by atoms with Crippen molar-refractivity contribution in [1.29, 1.82) is 0 Å². The molecule has 1 aromatic rings. The van der Waals surface area contributed by atoms with Gasteiger partial charge in [-0.25, -0.2) is 5.26 Å². The van der Waals surface area contributed by atoms with Gasteiger partial charge in [0.15, 0.2) is 0 Å². The molecule has 0 amide bonds. The van der Waals surface area contributed by atoms with E-state index >= 15 is 0 Å². The maximum absolute atomic E-state index is 10.4. The number of rotatable bonds is 4. The van der Waals surface area contributed by atoms with E-state index in [-0.39, 0.29) is 5.69 Å². The van der Waals surface area contributed by atoms with Crippen LogP contribution < -0.4 is 0 Å². The lowest BCUT2D eigenvalue weighted by molar-refractivity contribution is -0.432. The molecule has 0 aliphatic heterocycles. The summed E-state index contributed by atoms with van der Waals surface area (Å²) < 4.78 is 5.26. The van der Waals surface area contributed by atoms with Crippen molar-refractivity contribution >= 4 is 49.6 Å². The summed E-state index contributed by atoms with van der Waals surface area (Å²) >= 11 is 7.10. The Kier molecular flexibility index (Phi) is 4.99. The van der Waals surface area contributed by atoms with Crippen LogP contribution in [0, 0.1) is 4.91 Å². The molecular weight excluding hydrogens is 342 g/mol. The van der Waals surface area contributed by atoms with Gasteiger partial charge in [0.2, 0.25) is 0 Å². The van der Waals surface area contributed by atoms with E-state index in [0.29, 0.717) is 13.8 Å². The van der Waals surface area contributed by atoms with Gasteiger partial charge in [0.1, 0.15) is 5.69 Å². The van der Waals surface area contributed by atoms with E-state index < -0.39 is 0 Å². The highest BCUT2D eigenvalue weighted by atomic mass is 79.9. The Morgan fingerprint density at radius 3 is 2.36 bits per heavy atom. The third-order valence-electron chi connectivity index (χ3n) is 1.24. The average molecular weight is 345 g/mol. The van der Waals surface area contributed by atoms with E-state index in [1.807, 2.05) is 0 Å². The molecule has 0 heterocycles. The highest BCUT2D eigenvalue weighted by molar-refractivity contribution is 9.11. The van der Waals surface area contributed by atoms with Crippen molar-refractivity contribution in [2.45, 2.75) is 4.90 Å². The normalized spacial score (nSPS) is 10.2. The first-order chi connectivity index (χ1) is 6.69. The van der Waals surface area contributed by atoms with Gasteiger partial charge in [0.25, 0.3) is 0 Å². The SMILES string of the molecule is O=Nc1c(Br)cc(SOOO)cc1Br. The second-order valence-corrected chi connectivity index (χ2v) is 4.54. The topological polar surface area (TPSA) is 68.1 Å². The highest BCUT2D eigenvalue weighted by Crippen LogP contribution is 2.37. The second kappa shape index (κ2) is 5.79. The molecule has 0 saturated heterocycles. The van der Waals surface area contributed by atoms with Gasteiger partial charge in [0, 0.05) is 13.8 Å². The molecule has 0 spiro atoms.